The minimum absolute atomic E-state index is 0.120. The third-order valence-corrected chi connectivity index (χ3v) is 5.74. The molecule has 24 heavy (non-hydrogen) atoms. The van der Waals surface area contributed by atoms with Gasteiger partial charge in [-0.1, -0.05) is 19.9 Å². The fourth-order valence-corrected chi connectivity index (χ4v) is 3.32. The molecule has 0 aliphatic carbocycles. The quantitative estimate of drug-likeness (QED) is 0.696. The van der Waals surface area contributed by atoms with E-state index in [4.69, 9.17) is 4.98 Å². The fraction of sp³-hybridized carbons (Fsp3) is 0.579. The van der Waals surface area contributed by atoms with Crippen LogP contribution in [-0.2, 0) is 6.42 Å². The summed E-state index contributed by atoms with van der Waals surface area (Å²) in [6.45, 7) is 13.2. The number of aromatic nitrogens is 2. The summed E-state index contributed by atoms with van der Waals surface area (Å²) in [4.78, 5) is 11.6. The smallest absolute Gasteiger partial charge is 0.194 e. The summed E-state index contributed by atoms with van der Waals surface area (Å²) in [6, 6.07) is 4.15. The molecular formula is C19H29N5. The van der Waals surface area contributed by atoms with Crippen molar-refractivity contribution in [1.82, 2.24) is 19.6 Å². The van der Waals surface area contributed by atoms with Gasteiger partial charge in [0.15, 0.2) is 5.96 Å². The first-order chi connectivity index (χ1) is 11.3. The van der Waals surface area contributed by atoms with Crippen LogP contribution < -0.4 is 5.32 Å². The Morgan fingerprint density at radius 3 is 2.67 bits per heavy atom. The zero-order valence-electron chi connectivity index (χ0n) is 15.7. The predicted molar refractivity (Wildman–Crippen MR) is 99.6 cm³/mol. The second-order valence-electron chi connectivity index (χ2n) is 7.91. The lowest BCUT2D eigenvalue weighted by atomic mass is 9.65. The third-order valence-electron chi connectivity index (χ3n) is 5.74. The van der Waals surface area contributed by atoms with Crippen LogP contribution in [0.5, 0.6) is 0 Å². The van der Waals surface area contributed by atoms with Crippen LogP contribution >= 0.6 is 0 Å². The highest BCUT2D eigenvalue weighted by molar-refractivity contribution is 5.82. The topological polar surface area (TPSA) is 44.9 Å². The van der Waals surface area contributed by atoms with E-state index in [0.29, 0.717) is 5.41 Å². The van der Waals surface area contributed by atoms with Gasteiger partial charge in [0, 0.05) is 49.9 Å². The minimum Gasteiger partial charge on any atom is -0.356 e. The standard InChI is InChI=1S/C19H29N5/c1-14-8-7-11-23-12-15(22-16(14)23)9-10-21-17(20-6)24-13-18(2,3)19(24,4)5/h7-8,11-12H,9-10,13H2,1-6H3,(H,20,21). The summed E-state index contributed by atoms with van der Waals surface area (Å²) < 4.78 is 2.10. The lowest BCUT2D eigenvalue weighted by molar-refractivity contribution is -0.0666. The number of imidazole rings is 1. The van der Waals surface area contributed by atoms with Crippen LogP contribution in [0.2, 0.25) is 0 Å². The molecule has 1 aliphatic rings. The Bertz CT molecular complexity index is 769. The van der Waals surface area contributed by atoms with E-state index < -0.39 is 0 Å². The molecule has 0 saturated carbocycles. The van der Waals surface area contributed by atoms with Gasteiger partial charge in [-0.15, -0.1) is 0 Å². The molecule has 3 rings (SSSR count). The number of pyridine rings is 1. The number of rotatable bonds is 3. The van der Waals surface area contributed by atoms with Crippen molar-refractivity contribution in [3.8, 4) is 0 Å². The molecule has 0 amide bonds. The Morgan fingerprint density at radius 1 is 1.33 bits per heavy atom. The van der Waals surface area contributed by atoms with Crippen molar-refractivity contribution in [2.45, 2.75) is 46.6 Å². The number of guanidine groups is 1. The highest BCUT2D eigenvalue weighted by atomic mass is 15.4. The first-order valence-corrected chi connectivity index (χ1v) is 8.68. The number of likely N-dealkylation sites (tertiary alicyclic amines) is 1. The molecule has 2 aromatic heterocycles. The number of aliphatic imine (C=N–C) groups is 1. The third kappa shape index (κ3) is 2.66. The Labute approximate surface area is 144 Å². The number of fused-ring (bicyclic) bond motifs is 1. The van der Waals surface area contributed by atoms with Crippen LogP contribution in [-0.4, -0.2) is 45.9 Å². The molecule has 130 valence electrons. The highest BCUT2D eigenvalue weighted by Gasteiger charge is 2.53. The molecule has 1 fully saturated rings. The van der Waals surface area contributed by atoms with E-state index in [-0.39, 0.29) is 5.54 Å². The first kappa shape index (κ1) is 16.8. The van der Waals surface area contributed by atoms with Crippen molar-refractivity contribution < 1.29 is 0 Å². The molecule has 5 heteroatoms. The first-order valence-electron chi connectivity index (χ1n) is 8.68. The van der Waals surface area contributed by atoms with Crippen LogP contribution in [0.4, 0.5) is 0 Å². The van der Waals surface area contributed by atoms with Crippen LogP contribution in [0.25, 0.3) is 5.65 Å². The molecular weight excluding hydrogens is 298 g/mol. The van der Waals surface area contributed by atoms with Gasteiger partial charge in [-0.25, -0.2) is 4.98 Å². The lowest BCUT2D eigenvalue weighted by Gasteiger charge is -2.62. The highest BCUT2D eigenvalue weighted by Crippen LogP contribution is 2.46. The SMILES string of the molecule is CN=C(NCCc1cn2cccc(C)c2n1)N1CC(C)(C)C1(C)C. The number of hydrogen-bond donors (Lipinski definition) is 1. The van der Waals surface area contributed by atoms with Gasteiger partial charge in [-0.2, -0.15) is 0 Å². The molecule has 1 saturated heterocycles. The second kappa shape index (κ2) is 5.80. The summed E-state index contributed by atoms with van der Waals surface area (Å²) in [7, 11) is 1.86. The van der Waals surface area contributed by atoms with E-state index in [1.54, 1.807) is 0 Å². The Morgan fingerprint density at radius 2 is 2.08 bits per heavy atom. The maximum absolute atomic E-state index is 4.74. The number of aryl methyl sites for hydroxylation is 1. The van der Waals surface area contributed by atoms with Gasteiger partial charge in [-0.05, 0) is 32.4 Å². The van der Waals surface area contributed by atoms with E-state index in [1.165, 1.54) is 5.56 Å². The molecule has 2 aromatic rings. The molecule has 0 atom stereocenters. The van der Waals surface area contributed by atoms with E-state index in [2.05, 4.69) is 78.8 Å². The molecule has 0 radical (unpaired) electrons. The van der Waals surface area contributed by atoms with E-state index in [0.717, 1.165) is 36.8 Å². The molecule has 0 aromatic carbocycles. The van der Waals surface area contributed by atoms with Gasteiger partial charge >= 0.3 is 0 Å². The van der Waals surface area contributed by atoms with Crippen molar-refractivity contribution in [2.75, 3.05) is 20.1 Å². The maximum atomic E-state index is 4.74. The summed E-state index contributed by atoms with van der Waals surface area (Å²) >= 11 is 0. The number of nitrogens with zero attached hydrogens (tertiary/aromatic N) is 4. The van der Waals surface area contributed by atoms with Gasteiger partial charge in [-0.3, -0.25) is 4.99 Å². The van der Waals surface area contributed by atoms with Crippen molar-refractivity contribution in [2.24, 2.45) is 10.4 Å². The minimum atomic E-state index is 0.120. The Balaban J connectivity index is 1.62. The van der Waals surface area contributed by atoms with E-state index in [9.17, 15) is 0 Å². The molecule has 5 nitrogen and oxygen atoms in total. The van der Waals surface area contributed by atoms with E-state index >= 15 is 0 Å². The number of nitrogens with one attached hydrogen (secondary N) is 1. The van der Waals surface area contributed by atoms with Gasteiger partial charge in [0.1, 0.15) is 5.65 Å². The van der Waals surface area contributed by atoms with Gasteiger partial charge in [0.05, 0.1) is 5.69 Å². The summed E-state index contributed by atoms with van der Waals surface area (Å²) in [6.07, 6.45) is 5.05. The molecule has 3 heterocycles. The number of hydrogen-bond acceptors (Lipinski definition) is 2. The van der Waals surface area contributed by atoms with Crippen molar-refractivity contribution >= 4 is 11.6 Å². The van der Waals surface area contributed by atoms with Crippen molar-refractivity contribution in [3.63, 3.8) is 0 Å². The largest absolute Gasteiger partial charge is 0.356 e. The molecule has 0 unspecified atom stereocenters. The summed E-state index contributed by atoms with van der Waals surface area (Å²) in [5.41, 5.74) is 3.79. The van der Waals surface area contributed by atoms with Gasteiger partial charge < -0.3 is 14.6 Å². The molecule has 1 aliphatic heterocycles. The second-order valence-corrected chi connectivity index (χ2v) is 7.91. The zero-order valence-corrected chi connectivity index (χ0v) is 15.7. The van der Waals surface area contributed by atoms with Crippen LogP contribution in [0.3, 0.4) is 0 Å². The fourth-order valence-electron chi connectivity index (χ4n) is 3.32. The molecule has 0 bridgehead atoms. The monoisotopic (exact) mass is 327 g/mol. The normalized spacial score (nSPS) is 19.4. The van der Waals surface area contributed by atoms with Crippen LogP contribution in [0.15, 0.2) is 29.5 Å². The zero-order chi connectivity index (χ0) is 17.5. The summed E-state index contributed by atoms with van der Waals surface area (Å²) in [5, 5.41) is 3.50. The predicted octanol–water partition coefficient (Wildman–Crippen LogP) is 2.88. The summed E-state index contributed by atoms with van der Waals surface area (Å²) in [5.74, 6) is 0.985. The van der Waals surface area contributed by atoms with Crippen LogP contribution in [0.1, 0.15) is 39.0 Å². The lowest BCUT2D eigenvalue weighted by Crippen LogP contribution is -2.72. The molecule has 1 N–H and O–H groups in total. The Hall–Kier alpha value is -2.04. The molecule has 0 spiro atoms. The maximum Gasteiger partial charge on any atom is 0.194 e. The van der Waals surface area contributed by atoms with Gasteiger partial charge in [0.25, 0.3) is 0 Å². The average Bonchev–Trinajstić information content (AvgIpc) is 2.94. The Kier molecular flexibility index (Phi) is 4.06. The van der Waals surface area contributed by atoms with Crippen LogP contribution in [0, 0.1) is 12.3 Å². The average molecular weight is 327 g/mol. The van der Waals surface area contributed by atoms with Gasteiger partial charge in [0.2, 0.25) is 0 Å². The van der Waals surface area contributed by atoms with Crippen molar-refractivity contribution in [3.05, 3.63) is 35.8 Å². The van der Waals surface area contributed by atoms with Crippen molar-refractivity contribution in [1.29, 1.82) is 0 Å². The van der Waals surface area contributed by atoms with E-state index in [1.807, 2.05) is 7.05 Å².